The average Bonchev–Trinajstić information content (AvgIpc) is 2.33. The van der Waals surface area contributed by atoms with E-state index >= 15 is 0 Å². The summed E-state index contributed by atoms with van der Waals surface area (Å²) in [5.74, 6) is -0.642. The summed E-state index contributed by atoms with van der Waals surface area (Å²) in [5, 5.41) is 9.56. The molecule has 2 rings (SSSR count). The first-order valence-corrected chi connectivity index (χ1v) is 7.50. The summed E-state index contributed by atoms with van der Waals surface area (Å²) in [4.78, 5) is -0.126. The van der Waals surface area contributed by atoms with E-state index in [1.54, 1.807) is 0 Å². The predicted molar refractivity (Wildman–Crippen MR) is 69.5 cm³/mol. The number of halogens is 1. The fraction of sp³-hybridized carbons (Fsp3) is 0.500. The number of rotatable bonds is 2. The molecule has 0 spiro atoms. The lowest BCUT2D eigenvalue weighted by Gasteiger charge is -2.29. The van der Waals surface area contributed by atoms with Crippen molar-refractivity contribution < 1.29 is 17.9 Å². The zero-order valence-corrected chi connectivity index (χ0v) is 11.5. The molecule has 1 fully saturated rings. The van der Waals surface area contributed by atoms with E-state index in [1.165, 1.54) is 17.3 Å². The number of β-amino-alcohol motifs (C(OH)–C–C–N with tert-alkyl or cyclic N) is 1. The van der Waals surface area contributed by atoms with Gasteiger partial charge in [-0.2, -0.15) is 4.31 Å². The summed E-state index contributed by atoms with van der Waals surface area (Å²) in [6.07, 6.45) is 0.496. The molecule has 1 atom stereocenters. The topological polar surface area (TPSA) is 83.6 Å². The van der Waals surface area contributed by atoms with Gasteiger partial charge in [0, 0.05) is 24.3 Å². The fourth-order valence-corrected chi connectivity index (χ4v) is 4.01. The van der Waals surface area contributed by atoms with Crippen LogP contribution < -0.4 is 5.73 Å². The minimum absolute atomic E-state index is 0.0399. The van der Waals surface area contributed by atoms with Crippen molar-refractivity contribution in [1.29, 1.82) is 0 Å². The smallest absolute Gasteiger partial charge is 0.243 e. The molecule has 19 heavy (non-hydrogen) atoms. The third-order valence-corrected chi connectivity index (χ3v) is 5.29. The quantitative estimate of drug-likeness (QED) is 0.791. The molecule has 1 unspecified atom stereocenters. The largest absolute Gasteiger partial charge is 0.399 e. The highest BCUT2D eigenvalue weighted by atomic mass is 32.2. The molecule has 106 valence electrons. The minimum atomic E-state index is -3.82. The molecule has 0 amide bonds. The molecule has 5 nitrogen and oxygen atoms in total. The highest BCUT2D eigenvalue weighted by Gasteiger charge is 2.31. The second-order valence-electron chi connectivity index (χ2n) is 4.78. The monoisotopic (exact) mass is 288 g/mol. The van der Waals surface area contributed by atoms with Gasteiger partial charge in [-0.05, 0) is 31.9 Å². The third-order valence-electron chi connectivity index (χ3n) is 3.30. The average molecular weight is 288 g/mol. The molecule has 0 saturated carbocycles. The van der Waals surface area contributed by atoms with Gasteiger partial charge < -0.3 is 10.8 Å². The van der Waals surface area contributed by atoms with Gasteiger partial charge in [0.25, 0.3) is 0 Å². The van der Waals surface area contributed by atoms with Gasteiger partial charge in [0.05, 0.1) is 11.0 Å². The maximum atomic E-state index is 13.6. The predicted octanol–water partition coefficient (Wildman–Crippen LogP) is 0.862. The van der Waals surface area contributed by atoms with Crippen LogP contribution in [-0.2, 0) is 10.0 Å². The van der Waals surface area contributed by atoms with E-state index in [1.807, 2.05) is 0 Å². The molecule has 0 radical (unpaired) electrons. The van der Waals surface area contributed by atoms with Gasteiger partial charge in [0.15, 0.2) is 0 Å². The van der Waals surface area contributed by atoms with Crippen molar-refractivity contribution >= 4 is 15.7 Å². The van der Waals surface area contributed by atoms with Crippen LogP contribution in [0, 0.1) is 12.7 Å². The van der Waals surface area contributed by atoms with Gasteiger partial charge in [-0.15, -0.1) is 0 Å². The van der Waals surface area contributed by atoms with E-state index in [0.29, 0.717) is 19.4 Å². The molecule has 1 aliphatic rings. The van der Waals surface area contributed by atoms with Crippen LogP contribution in [0.4, 0.5) is 10.1 Å². The van der Waals surface area contributed by atoms with E-state index in [-0.39, 0.29) is 22.7 Å². The van der Waals surface area contributed by atoms with Crippen LogP contribution in [0.1, 0.15) is 18.4 Å². The van der Waals surface area contributed by atoms with Crippen LogP contribution in [0.15, 0.2) is 17.0 Å². The van der Waals surface area contributed by atoms with Crippen LogP contribution in [0.2, 0.25) is 0 Å². The highest BCUT2D eigenvalue weighted by molar-refractivity contribution is 7.89. The van der Waals surface area contributed by atoms with E-state index in [0.717, 1.165) is 6.07 Å². The Morgan fingerprint density at radius 3 is 2.79 bits per heavy atom. The lowest BCUT2D eigenvalue weighted by Crippen LogP contribution is -2.42. The molecule has 0 aliphatic carbocycles. The summed E-state index contributed by atoms with van der Waals surface area (Å²) in [6.45, 7) is 1.77. The first kappa shape index (κ1) is 14.2. The second kappa shape index (κ2) is 5.07. The van der Waals surface area contributed by atoms with Crippen molar-refractivity contribution in [3.05, 3.63) is 23.5 Å². The Hall–Kier alpha value is -1.18. The number of nitrogen functional groups attached to an aromatic ring is 1. The van der Waals surface area contributed by atoms with Gasteiger partial charge in [0.2, 0.25) is 10.0 Å². The van der Waals surface area contributed by atoms with E-state index in [4.69, 9.17) is 5.73 Å². The number of aliphatic hydroxyl groups is 1. The molecule has 1 aliphatic heterocycles. The lowest BCUT2D eigenvalue weighted by molar-refractivity contribution is 0.108. The number of hydrogen-bond acceptors (Lipinski definition) is 4. The number of hydrogen-bond donors (Lipinski definition) is 2. The van der Waals surface area contributed by atoms with Crippen molar-refractivity contribution in [2.75, 3.05) is 18.8 Å². The van der Waals surface area contributed by atoms with Crippen LogP contribution in [0.3, 0.4) is 0 Å². The summed E-state index contributed by atoms with van der Waals surface area (Å²) < 4.78 is 39.7. The van der Waals surface area contributed by atoms with Gasteiger partial charge in [-0.3, -0.25) is 0 Å². The van der Waals surface area contributed by atoms with Crippen molar-refractivity contribution in [2.24, 2.45) is 0 Å². The fourth-order valence-electron chi connectivity index (χ4n) is 2.22. The first-order chi connectivity index (χ1) is 8.82. The second-order valence-corrected chi connectivity index (χ2v) is 6.69. The van der Waals surface area contributed by atoms with E-state index in [2.05, 4.69) is 0 Å². The van der Waals surface area contributed by atoms with Crippen molar-refractivity contribution in [1.82, 2.24) is 4.31 Å². The lowest BCUT2D eigenvalue weighted by atomic mass is 10.1. The number of piperidine rings is 1. The molecule has 1 heterocycles. The molecule has 0 aromatic heterocycles. The number of nitrogens with zero attached hydrogens (tertiary/aromatic N) is 1. The number of sulfonamides is 1. The zero-order valence-electron chi connectivity index (χ0n) is 10.6. The summed E-state index contributed by atoms with van der Waals surface area (Å²) in [5.41, 5.74) is 5.63. The maximum absolute atomic E-state index is 13.6. The molecule has 3 N–H and O–H groups in total. The minimum Gasteiger partial charge on any atom is -0.399 e. The van der Waals surface area contributed by atoms with Crippen molar-refractivity contribution in [3.63, 3.8) is 0 Å². The number of anilines is 1. The summed E-state index contributed by atoms with van der Waals surface area (Å²) in [6, 6.07) is 2.36. The Bertz CT molecular complexity index is 589. The van der Waals surface area contributed by atoms with Crippen molar-refractivity contribution in [3.8, 4) is 0 Å². The van der Waals surface area contributed by atoms with Crippen LogP contribution in [-0.4, -0.2) is 37.0 Å². The molecule has 0 bridgehead atoms. The Morgan fingerprint density at radius 1 is 1.47 bits per heavy atom. The molecule has 1 aromatic carbocycles. The third kappa shape index (κ3) is 2.72. The van der Waals surface area contributed by atoms with Gasteiger partial charge in [-0.25, -0.2) is 12.8 Å². The van der Waals surface area contributed by atoms with E-state index < -0.39 is 21.9 Å². The maximum Gasteiger partial charge on any atom is 0.243 e. The Kier molecular flexibility index (Phi) is 3.80. The molecule has 1 saturated heterocycles. The molecule has 7 heteroatoms. The van der Waals surface area contributed by atoms with Gasteiger partial charge >= 0.3 is 0 Å². The Labute approximate surface area is 111 Å². The Morgan fingerprint density at radius 2 is 2.16 bits per heavy atom. The van der Waals surface area contributed by atoms with Crippen molar-refractivity contribution in [2.45, 2.75) is 30.8 Å². The SMILES string of the molecule is Cc1c(F)cc(N)cc1S(=O)(=O)N1CCCC(O)C1. The van der Waals surface area contributed by atoms with Gasteiger partial charge in [0.1, 0.15) is 5.82 Å². The number of nitrogens with two attached hydrogens (primary N) is 1. The zero-order chi connectivity index (χ0) is 14.2. The number of aliphatic hydroxyl groups excluding tert-OH is 1. The molecule has 1 aromatic rings. The molecular formula is C12H17FN2O3S. The summed E-state index contributed by atoms with van der Waals surface area (Å²) in [7, 11) is -3.82. The Balaban J connectivity index is 2.45. The van der Waals surface area contributed by atoms with Crippen LogP contribution >= 0.6 is 0 Å². The standard InChI is InChI=1S/C12H17FN2O3S/c1-8-11(13)5-9(14)6-12(8)19(17,18)15-4-2-3-10(16)7-15/h5-6,10,16H,2-4,7,14H2,1H3. The normalized spacial score (nSPS) is 21.5. The summed E-state index contributed by atoms with van der Waals surface area (Å²) >= 11 is 0. The van der Waals surface area contributed by atoms with Gasteiger partial charge in [-0.1, -0.05) is 0 Å². The first-order valence-electron chi connectivity index (χ1n) is 6.06. The van der Waals surface area contributed by atoms with Crippen LogP contribution in [0.25, 0.3) is 0 Å². The molecular weight excluding hydrogens is 271 g/mol. The highest BCUT2D eigenvalue weighted by Crippen LogP contribution is 2.26. The van der Waals surface area contributed by atoms with E-state index in [9.17, 15) is 17.9 Å². The number of benzene rings is 1. The van der Waals surface area contributed by atoms with Crippen LogP contribution in [0.5, 0.6) is 0 Å².